The summed E-state index contributed by atoms with van der Waals surface area (Å²) in [5.74, 6) is 0.241. The Bertz CT molecular complexity index is 450. The fraction of sp³-hybridized carbons (Fsp3) is 0.462. The van der Waals surface area contributed by atoms with Crippen LogP contribution >= 0.6 is 31.9 Å². The van der Waals surface area contributed by atoms with Gasteiger partial charge in [0, 0.05) is 5.69 Å². The number of carbonyl (C=O) groups is 1. The summed E-state index contributed by atoms with van der Waals surface area (Å²) in [7, 11) is 0. The van der Waals surface area contributed by atoms with Crippen LogP contribution in [0, 0.1) is 5.92 Å². The smallest absolute Gasteiger partial charge is 0.411 e. The Kier molecular flexibility index (Phi) is 4.33. The van der Waals surface area contributed by atoms with Crippen LogP contribution in [0.2, 0.25) is 0 Å². The highest BCUT2D eigenvalue weighted by Gasteiger charge is 2.35. The van der Waals surface area contributed by atoms with Crippen molar-refractivity contribution in [1.82, 2.24) is 0 Å². The molecule has 2 rings (SSSR count). The molecule has 0 fully saturated rings. The van der Waals surface area contributed by atoms with Gasteiger partial charge < -0.3 is 4.74 Å². The zero-order valence-electron chi connectivity index (χ0n) is 10.2. The molecule has 0 spiro atoms. The molecule has 5 heteroatoms. The standard InChI is InChI=1S/C13H15Br2NO2/c1-7(2)12-11(15)10(14)8-5-3-4-6-9(8)16-13(17)18-12/h3-7,10-12H,1-2H3,(H,16,17)/t10-,11-,12+/m0/s1. The zero-order chi connectivity index (χ0) is 13.3. The summed E-state index contributed by atoms with van der Waals surface area (Å²) < 4.78 is 5.47. The van der Waals surface area contributed by atoms with Crippen LogP contribution < -0.4 is 5.32 Å². The molecule has 1 aromatic carbocycles. The number of fused-ring (bicyclic) bond motifs is 1. The lowest BCUT2D eigenvalue weighted by atomic mass is 9.97. The van der Waals surface area contributed by atoms with E-state index in [2.05, 4.69) is 37.2 Å². The number of alkyl halides is 2. The van der Waals surface area contributed by atoms with E-state index in [1.165, 1.54) is 0 Å². The fourth-order valence-corrected chi connectivity index (χ4v) is 3.72. The molecule has 0 saturated heterocycles. The van der Waals surface area contributed by atoms with Crippen LogP contribution in [0.3, 0.4) is 0 Å². The first-order valence-electron chi connectivity index (χ1n) is 5.85. The second-order valence-corrected chi connectivity index (χ2v) is 6.72. The Morgan fingerprint density at radius 2 is 1.94 bits per heavy atom. The third kappa shape index (κ3) is 2.72. The number of rotatable bonds is 1. The van der Waals surface area contributed by atoms with Crippen molar-refractivity contribution in [1.29, 1.82) is 0 Å². The van der Waals surface area contributed by atoms with E-state index in [-0.39, 0.29) is 21.7 Å². The Labute approximate surface area is 124 Å². The molecular formula is C13H15Br2NO2. The Balaban J connectivity index is 2.41. The summed E-state index contributed by atoms with van der Waals surface area (Å²) in [6, 6.07) is 7.74. The molecule has 1 amide bonds. The van der Waals surface area contributed by atoms with Crippen molar-refractivity contribution in [2.75, 3.05) is 5.32 Å². The highest BCUT2D eigenvalue weighted by Crippen LogP contribution is 2.40. The van der Waals surface area contributed by atoms with Crippen molar-refractivity contribution in [3.8, 4) is 0 Å². The van der Waals surface area contributed by atoms with Crippen molar-refractivity contribution in [3.63, 3.8) is 0 Å². The quantitative estimate of drug-likeness (QED) is 0.734. The predicted octanol–water partition coefficient (Wildman–Crippen LogP) is 4.47. The normalized spacial score (nSPS) is 27.8. The van der Waals surface area contributed by atoms with E-state index in [0.29, 0.717) is 0 Å². The second-order valence-electron chi connectivity index (χ2n) is 4.67. The monoisotopic (exact) mass is 375 g/mol. The minimum Gasteiger partial charge on any atom is -0.444 e. The van der Waals surface area contributed by atoms with Gasteiger partial charge in [0.05, 0.1) is 9.65 Å². The van der Waals surface area contributed by atoms with E-state index >= 15 is 0 Å². The van der Waals surface area contributed by atoms with Gasteiger partial charge in [0.1, 0.15) is 6.10 Å². The van der Waals surface area contributed by atoms with E-state index < -0.39 is 6.09 Å². The fourth-order valence-electron chi connectivity index (χ4n) is 2.02. The number of carbonyl (C=O) groups excluding carboxylic acids is 1. The maximum Gasteiger partial charge on any atom is 0.411 e. The van der Waals surface area contributed by atoms with Crippen LogP contribution in [0.1, 0.15) is 24.2 Å². The molecule has 1 aliphatic heterocycles. The highest BCUT2D eigenvalue weighted by atomic mass is 79.9. The lowest BCUT2D eigenvalue weighted by molar-refractivity contribution is 0.0803. The highest BCUT2D eigenvalue weighted by molar-refractivity contribution is 9.12. The molecule has 0 unspecified atom stereocenters. The van der Waals surface area contributed by atoms with Crippen molar-refractivity contribution >= 4 is 43.6 Å². The minimum atomic E-state index is -0.398. The number of hydrogen-bond donors (Lipinski definition) is 1. The summed E-state index contributed by atoms with van der Waals surface area (Å²) in [6.07, 6.45) is -0.576. The maximum atomic E-state index is 11.8. The Morgan fingerprint density at radius 1 is 1.28 bits per heavy atom. The van der Waals surface area contributed by atoms with Crippen LogP contribution in [0.15, 0.2) is 24.3 Å². The number of cyclic esters (lactones) is 1. The molecule has 0 saturated carbocycles. The molecule has 0 aliphatic carbocycles. The minimum absolute atomic E-state index is 0.0321. The van der Waals surface area contributed by atoms with Gasteiger partial charge in [0.15, 0.2) is 0 Å². The van der Waals surface area contributed by atoms with Crippen LogP contribution in [-0.4, -0.2) is 17.0 Å². The molecule has 1 aliphatic rings. The lowest BCUT2D eigenvalue weighted by Gasteiger charge is -2.32. The van der Waals surface area contributed by atoms with Gasteiger partial charge >= 0.3 is 6.09 Å². The van der Waals surface area contributed by atoms with E-state index in [0.717, 1.165) is 11.3 Å². The van der Waals surface area contributed by atoms with Crippen molar-refractivity contribution in [2.24, 2.45) is 5.92 Å². The van der Waals surface area contributed by atoms with Gasteiger partial charge in [0.25, 0.3) is 0 Å². The van der Waals surface area contributed by atoms with Crippen LogP contribution in [0.25, 0.3) is 0 Å². The van der Waals surface area contributed by atoms with E-state index in [1.807, 2.05) is 38.1 Å². The first-order chi connectivity index (χ1) is 8.50. The predicted molar refractivity (Wildman–Crippen MR) is 79.6 cm³/mol. The van der Waals surface area contributed by atoms with Crippen LogP contribution in [-0.2, 0) is 4.74 Å². The molecule has 3 nitrogen and oxygen atoms in total. The van der Waals surface area contributed by atoms with E-state index in [4.69, 9.17) is 4.74 Å². The van der Waals surface area contributed by atoms with Crippen LogP contribution in [0.5, 0.6) is 0 Å². The lowest BCUT2D eigenvalue weighted by Crippen LogP contribution is -2.38. The third-order valence-corrected chi connectivity index (χ3v) is 5.81. The average Bonchev–Trinajstić information content (AvgIpc) is 2.33. The van der Waals surface area contributed by atoms with E-state index in [9.17, 15) is 4.79 Å². The van der Waals surface area contributed by atoms with Gasteiger partial charge in [-0.1, -0.05) is 63.9 Å². The van der Waals surface area contributed by atoms with Crippen LogP contribution in [0.4, 0.5) is 10.5 Å². The third-order valence-electron chi connectivity index (χ3n) is 2.99. The summed E-state index contributed by atoms with van der Waals surface area (Å²) in [6.45, 7) is 4.08. The zero-order valence-corrected chi connectivity index (χ0v) is 13.4. The van der Waals surface area contributed by atoms with Crippen molar-refractivity contribution < 1.29 is 9.53 Å². The average molecular weight is 377 g/mol. The number of para-hydroxylation sites is 1. The summed E-state index contributed by atoms with van der Waals surface area (Å²) in [5, 5.41) is 2.79. The summed E-state index contributed by atoms with van der Waals surface area (Å²) >= 11 is 7.34. The maximum absolute atomic E-state index is 11.8. The number of anilines is 1. The molecule has 1 heterocycles. The van der Waals surface area contributed by atoms with Gasteiger partial charge in [-0.2, -0.15) is 0 Å². The van der Waals surface area contributed by atoms with Gasteiger partial charge in [-0.05, 0) is 17.5 Å². The van der Waals surface area contributed by atoms with Gasteiger partial charge in [0.2, 0.25) is 0 Å². The number of amides is 1. The first-order valence-corrected chi connectivity index (χ1v) is 7.68. The molecule has 98 valence electrons. The molecular weight excluding hydrogens is 362 g/mol. The summed E-state index contributed by atoms with van der Waals surface area (Å²) in [5.41, 5.74) is 1.85. The molecule has 18 heavy (non-hydrogen) atoms. The molecule has 1 N–H and O–H groups in total. The molecule has 0 aromatic heterocycles. The number of halogens is 2. The Morgan fingerprint density at radius 3 is 2.61 bits per heavy atom. The van der Waals surface area contributed by atoms with Crippen molar-refractivity contribution in [2.45, 2.75) is 29.6 Å². The second kappa shape index (κ2) is 5.61. The molecule has 3 atom stereocenters. The number of ether oxygens (including phenoxy) is 1. The van der Waals surface area contributed by atoms with E-state index in [1.54, 1.807) is 0 Å². The Hall–Kier alpha value is -0.550. The van der Waals surface area contributed by atoms with Gasteiger partial charge in [-0.3, -0.25) is 5.32 Å². The summed E-state index contributed by atoms with van der Waals surface area (Å²) in [4.78, 5) is 11.9. The molecule has 1 aromatic rings. The first kappa shape index (κ1) is 13.9. The van der Waals surface area contributed by atoms with Gasteiger partial charge in [-0.15, -0.1) is 0 Å². The molecule has 0 radical (unpaired) electrons. The number of nitrogens with one attached hydrogen (secondary N) is 1. The number of benzene rings is 1. The number of hydrogen-bond acceptors (Lipinski definition) is 2. The van der Waals surface area contributed by atoms with Crippen molar-refractivity contribution in [3.05, 3.63) is 29.8 Å². The largest absolute Gasteiger partial charge is 0.444 e. The molecule has 0 bridgehead atoms. The topological polar surface area (TPSA) is 38.3 Å². The van der Waals surface area contributed by atoms with Gasteiger partial charge in [-0.25, -0.2) is 4.79 Å². The SMILES string of the molecule is CC(C)[C@H]1OC(=O)Nc2ccccc2[C@H](Br)[C@@H]1Br.